The van der Waals surface area contributed by atoms with E-state index in [2.05, 4.69) is 10.1 Å². The minimum absolute atomic E-state index is 0.135. The average Bonchev–Trinajstić information content (AvgIpc) is 3.21. The zero-order valence-electron chi connectivity index (χ0n) is 17.6. The largest absolute Gasteiger partial charge is 0.450 e. The topological polar surface area (TPSA) is 103 Å². The van der Waals surface area contributed by atoms with Crippen LogP contribution >= 0.6 is 0 Å². The molecule has 1 aliphatic heterocycles. The molecule has 1 fully saturated rings. The monoisotopic (exact) mass is 442 g/mol. The van der Waals surface area contributed by atoms with Crippen molar-refractivity contribution in [1.29, 1.82) is 0 Å². The van der Waals surface area contributed by atoms with Gasteiger partial charge in [-0.2, -0.15) is 5.10 Å². The number of aromatic nitrogens is 4. The van der Waals surface area contributed by atoms with Crippen molar-refractivity contribution in [2.24, 2.45) is 0 Å². The number of ether oxygens (including phenoxy) is 1. The minimum Gasteiger partial charge on any atom is -0.450 e. The Morgan fingerprint density at radius 2 is 1.84 bits per heavy atom. The van der Waals surface area contributed by atoms with Gasteiger partial charge in [0.05, 0.1) is 19.3 Å². The summed E-state index contributed by atoms with van der Waals surface area (Å²) in [6.45, 7) is 3.48. The molecule has 0 bridgehead atoms. The van der Waals surface area contributed by atoms with Gasteiger partial charge in [-0.3, -0.25) is 14.2 Å². The molecule has 3 heterocycles. The van der Waals surface area contributed by atoms with E-state index in [1.807, 2.05) is 0 Å². The second kappa shape index (κ2) is 9.16. The van der Waals surface area contributed by atoms with Crippen molar-refractivity contribution >= 4 is 23.0 Å². The second-order valence-electron chi connectivity index (χ2n) is 7.38. The predicted octanol–water partition coefficient (Wildman–Crippen LogP) is 1.08. The molecule has 4 rings (SSSR count). The van der Waals surface area contributed by atoms with Gasteiger partial charge in [-0.1, -0.05) is 18.2 Å². The molecule has 0 atom stereocenters. The van der Waals surface area contributed by atoms with Crippen molar-refractivity contribution < 1.29 is 18.7 Å². The SMILES string of the molecule is CCOC(=O)N1CCN(C(=O)Cn2cnc3c(cnn3Cc3ccccc3F)c2=O)CC1. The molecule has 0 N–H and O–H groups in total. The van der Waals surface area contributed by atoms with Crippen LogP contribution in [0.25, 0.3) is 11.0 Å². The van der Waals surface area contributed by atoms with Crippen LogP contribution in [0, 0.1) is 5.82 Å². The number of nitrogens with zero attached hydrogens (tertiary/aromatic N) is 6. The van der Waals surface area contributed by atoms with Crippen molar-refractivity contribution in [2.45, 2.75) is 20.0 Å². The number of carbonyl (C=O) groups excluding carboxylic acids is 2. The highest BCUT2D eigenvalue weighted by Crippen LogP contribution is 2.12. The van der Waals surface area contributed by atoms with Crippen LogP contribution in [0.5, 0.6) is 0 Å². The Hall–Kier alpha value is -3.76. The van der Waals surface area contributed by atoms with Crippen molar-refractivity contribution in [3.63, 3.8) is 0 Å². The van der Waals surface area contributed by atoms with Crippen LogP contribution in [0.1, 0.15) is 12.5 Å². The van der Waals surface area contributed by atoms with E-state index in [-0.39, 0.29) is 30.2 Å². The van der Waals surface area contributed by atoms with Crippen molar-refractivity contribution in [1.82, 2.24) is 29.1 Å². The fraction of sp³-hybridized carbons (Fsp3) is 0.381. The first-order valence-electron chi connectivity index (χ1n) is 10.3. The number of benzene rings is 1. The molecule has 0 radical (unpaired) electrons. The molecular weight excluding hydrogens is 419 g/mol. The Labute approximate surface area is 182 Å². The van der Waals surface area contributed by atoms with Gasteiger partial charge in [0.15, 0.2) is 5.65 Å². The molecule has 0 spiro atoms. The molecule has 0 aliphatic carbocycles. The zero-order valence-corrected chi connectivity index (χ0v) is 17.6. The van der Waals surface area contributed by atoms with E-state index in [4.69, 9.17) is 4.74 Å². The Bertz CT molecular complexity index is 1200. The number of carbonyl (C=O) groups is 2. The molecule has 0 unspecified atom stereocenters. The van der Waals surface area contributed by atoms with E-state index in [0.717, 1.165) is 0 Å². The van der Waals surface area contributed by atoms with Gasteiger partial charge < -0.3 is 14.5 Å². The van der Waals surface area contributed by atoms with Crippen LogP contribution in [0.3, 0.4) is 0 Å². The molecule has 11 heteroatoms. The van der Waals surface area contributed by atoms with E-state index >= 15 is 0 Å². The lowest BCUT2D eigenvalue weighted by Crippen LogP contribution is -2.51. The van der Waals surface area contributed by atoms with E-state index in [9.17, 15) is 18.8 Å². The van der Waals surface area contributed by atoms with Gasteiger partial charge in [0.2, 0.25) is 5.91 Å². The minimum atomic E-state index is -0.395. The smallest absolute Gasteiger partial charge is 0.409 e. The summed E-state index contributed by atoms with van der Waals surface area (Å²) in [6, 6.07) is 6.33. The molecule has 3 aromatic rings. The summed E-state index contributed by atoms with van der Waals surface area (Å²) in [5.74, 6) is -0.603. The van der Waals surface area contributed by atoms with Crippen LogP contribution in [0.2, 0.25) is 0 Å². The summed E-state index contributed by atoms with van der Waals surface area (Å²) in [5, 5.41) is 4.43. The fourth-order valence-electron chi connectivity index (χ4n) is 3.61. The number of hydrogen-bond acceptors (Lipinski definition) is 6. The third-order valence-corrected chi connectivity index (χ3v) is 5.36. The van der Waals surface area contributed by atoms with Crippen molar-refractivity contribution in [3.8, 4) is 0 Å². The first kappa shape index (κ1) is 21.5. The Morgan fingerprint density at radius 1 is 1.12 bits per heavy atom. The molecule has 1 aliphatic rings. The van der Waals surface area contributed by atoms with Crippen LogP contribution < -0.4 is 5.56 Å². The molecule has 1 aromatic carbocycles. The van der Waals surface area contributed by atoms with E-state index < -0.39 is 11.7 Å². The summed E-state index contributed by atoms with van der Waals surface area (Å²) in [4.78, 5) is 44.8. The van der Waals surface area contributed by atoms with E-state index in [1.165, 1.54) is 27.8 Å². The summed E-state index contributed by atoms with van der Waals surface area (Å²) in [7, 11) is 0. The number of fused-ring (bicyclic) bond motifs is 1. The third kappa shape index (κ3) is 4.32. The Kier molecular flexibility index (Phi) is 6.15. The third-order valence-electron chi connectivity index (χ3n) is 5.36. The molecular formula is C21H23FN6O4. The number of amides is 2. The van der Waals surface area contributed by atoms with Gasteiger partial charge >= 0.3 is 6.09 Å². The van der Waals surface area contributed by atoms with E-state index in [1.54, 1.807) is 34.9 Å². The van der Waals surface area contributed by atoms with Gasteiger partial charge in [-0.15, -0.1) is 0 Å². The van der Waals surface area contributed by atoms with Crippen LogP contribution in [-0.4, -0.2) is 73.9 Å². The lowest BCUT2D eigenvalue weighted by molar-refractivity contribution is -0.133. The predicted molar refractivity (Wildman–Crippen MR) is 112 cm³/mol. The molecule has 2 aromatic heterocycles. The number of hydrogen-bond donors (Lipinski definition) is 0. The van der Waals surface area contributed by atoms with Crippen LogP contribution in [-0.2, 0) is 22.6 Å². The molecule has 32 heavy (non-hydrogen) atoms. The summed E-state index contributed by atoms with van der Waals surface area (Å²) in [6.07, 6.45) is 2.29. The first-order valence-corrected chi connectivity index (χ1v) is 10.3. The summed E-state index contributed by atoms with van der Waals surface area (Å²) < 4.78 is 21.6. The molecule has 1 saturated heterocycles. The maximum Gasteiger partial charge on any atom is 0.409 e. The van der Waals surface area contributed by atoms with Crippen molar-refractivity contribution in [2.75, 3.05) is 32.8 Å². The highest BCUT2D eigenvalue weighted by atomic mass is 19.1. The lowest BCUT2D eigenvalue weighted by Gasteiger charge is -2.34. The van der Waals surface area contributed by atoms with Gasteiger partial charge in [0.1, 0.15) is 24.1 Å². The first-order chi connectivity index (χ1) is 15.5. The molecule has 168 valence electrons. The van der Waals surface area contributed by atoms with Gasteiger partial charge in [0.25, 0.3) is 5.56 Å². The summed E-state index contributed by atoms with van der Waals surface area (Å²) >= 11 is 0. The number of rotatable bonds is 5. The van der Waals surface area contributed by atoms with Gasteiger partial charge in [-0.05, 0) is 13.0 Å². The lowest BCUT2D eigenvalue weighted by atomic mass is 10.2. The maximum absolute atomic E-state index is 14.0. The summed E-state index contributed by atoms with van der Waals surface area (Å²) in [5.41, 5.74) is 0.360. The average molecular weight is 442 g/mol. The highest BCUT2D eigenvalue weighted by Gasteiger charge is 2.25. The second-order valence-corrected chi connectivity index (χ2v) is 7.38. The number of halogens is 1. The van der Waals surface area contributed by atoms with Crippen molar-refractivity contribution in [3.05, 3.63) is 58.5 Å². The fourth-order valence-corrected chi connectivity index (χ4v) is 3.61. The van der Waals surface area contributed by atoms with E-state index in [0.29, 0.717) is 44.0 Å². The van der Waals surface area contributed by atoms with Gasteiger partial charge in [0, 0.05) is 31.7 Å². The Morgan fingerprint density at radius 3 is 2.56 bits per heavy atom. The maximum atomic E-state index is 14.0. The van der Waals surface area contributed by atoms with Gasteiger partial charge in [-0.25, -0.2) is 18.9 Å². The normalized spacial score (nSPS) is 14.1. The van der Waals surface area contributed by atoms with Crippen LogP contribution in [0.4, 0.5) is 9.18 Å². The standard InChI is InChI=1S/C21H23FN6O4/c1-2-32-21(31)26-9-7-25(8-10-26)18(29)13-27-14-23-19-16(20(27)30)11-24-28(19)12-15-5-3-4-6-17(15)22/h3-6,11,14H,2,7-10,12-13H2,1H3. The Balaban J connectivity index is 1.45. The molecule has 0 saturated carbocycles. The molecule has 2 amide bonds. The highest BCUT2D eigenvalue weighted by molar-refractivity contribution is 5.78. The quantitative estimate of drug-likeness (QED) is 0.586. The molecule has 10 nitrogen and oxygen atoms in total. The zero-order chi connectivity index (χ0) is 22.7. The number of piperazine rings is 1. The van der Waals surface area contributed by atoms with Crippen LogP contribution in [0.15, 0.2) is 41.6 Å².